The third-order valence-corrected chi connectivity index (χ3v) is 6.45. The summed E-state index contributed by atoms with van der Waals surface area (Å²) in [6, 6.07) is 8.29. The van der Waals surface area contributed by atoms with Crippen LogP contribution >= 0.6 is 27.7 Å². The molecule has 27 heavy (non-hydrogen) atoms. The molecule has 2 aromatic rings. The standard InChI is InChI=1S/C19H25BrN4O2S/c1-13-5-4-6-14(2)24(13)18(25)12-27-19-22-21-17(23(19)3)11-26-16-9-7-15(20)8-10-16/h7-10,13-14H,4-6,11-12H2,1-3H3/t13-,14-/m0/s1. The van der Waals surface area contributed by atoms with Crippen LogP contribution in [0.3, 0.4) is 0 Å². The number of amides is 1. The number of likely N-dealkylation sites (tertiary alicyclic amines) is 1. The molecule has 0 N–H and O–H groups in total. The largest absolute Gasteiger partial charge is 0.486 e. The molecule has 1 saturated heterocycles. The number of hydrogen-bond donors (Lipinski definition) is 0. The third-order valence-electron chi connectivity index (χ3n) is 4.91. The highest BCUT2D eigenvalue weighted by Gasteiger charge is 2.29. The van der Waals surface area contributed by atoms with E-state index in [9.17, 15) is 4.79 Å². The van der Waals surface area contributed by atoms with Crippen molar-refractivity contribution in [1.82, 2.24) is 19.7 Å². The predicted octanol–water partition coefficient (Wildman–Crippen LogP) is 4.04. The zero-order chi connectivity index (χ0) is 19.4. The Bertz CT molecular complexity index is 771. The molecule has 0 radical (unpaired) electrons. The molecule has 1 amide bonds. The number of nitrogens with zero attached hydrogens (tertiary/aromatic N) is 4. The number of carbonyl (C=O) groups is 1. The number of aromatic nitrogens is 3. The summed E-state index contributed by atoms with van der Waals surface area (Å²) in [5, 5.41) is 9.15. The summed E-state index contributed by atoms with van der Waals surface area (Å²) in [6.07, 6.45) is 3.37. The summed E-state index contributed by atoms with van der Waals surface area (Å²) in [7, 11) is 1.90. The second-order valence-electron chi connectivity index (χ2n) is 6.92. The van der Waals surface area contributed by atoms with Crippen molar-refractivity contribution in [3.63, 3.8) is 0 Å². The van der Waals surface area contributed by atoms with Gasteiger partial charge in [0.1, 0.15) is 12.4 Å². The average molecular weight is 453 g/mol. The van der Waals surface area contributed by atoms with Crippen LogP contribution in [0, 0.1) is 0 Å². The van der Waals surface area contributed by atoms with E-state index in [0.29, 0.717) is 24.4 Å². The minimum absolute atomic E-state index is 0.176. The lowest BCUT2D eigenvalue weighted by Gasteiger charge is -2.39. The quantitative estimate of drug-likeness (QED) is 0.618. The zero-order valence-electron chi connectivity index (χ0n) is 15.9. The first-order valence-electron chi connectivity index (χ1n) is 9.16. The van der Waals surface area contributed by atoms with Gasteiger partial charge in [0.25, 0.3) is 0 Å². The molecule has 1 aliphatic rings. The molecule has 1 aromatic heterocycles. The number of ether oxygens (including phenoxy) is 1. The lowest BCUT2D eigenvalue weighted by Crippen LogP contribution is -2.48. The lowest BCUT2D eigenvalue weighted by atomic mass is 9.98. The summed E-state index contributed by atoms with van der Waals surface area (Å²) in [4.78, 5) is 14.7. The van der Waals surface area contributed by atoms with Gasteiger partial charge in [-0.3, -0.25) is 4.79 Å². The van der Waals surface area contributed by atoms with E-state index >= 15 is 0 Å². The van der Waals surface area contributed by atoms with Crippen molar-refractivity contribution in [2.45, 2.75) is 57.0 Å². The number of halogens is 1. The van der Waals surface area contributed by atoms with Gasteiger partial charge in [-0.25, -0.2) is 0 Å². The highest BCUT2D eigenvalue weighted by molar-refractivity contribution is 9.10. The average Bonchev–Trinajstić information content (AvgIpc) is 2.99. The lowest BCUT2D eigenvalue weighted by molar-refractivity contribution is -0.134. The van der Waals surface area contributed by atoms with E-state index in [4.69, 9.17) is 4.74 Å². The minimum atomic E-state index is 0.176. The van der Waals surface area contributed by atoms with Gasteiger partial charge in [0.05, 0.1) is 5.75 Å². The molecule has 8 heteroatoms. The second kappa shape index (κ2) is 9.10. The Morgan fingerprint density at radius 1 is 1.22 bits per heavy atom. The topological polar surface area (TPSA) is 60.3 Å². The first kappa shape index (κ1) is 20.2. The Hall–Kier alpha value is -1.54. The summed E-state index contributed by atoms with van der Waals surface area (Å²) in [5.41, 5.74) is 0. The van der Waals surface area contributed by atoms with Crippen LogP contribution < -0.4 is 4.74 Å². The Morgan fingerprint density at radius 2 is 1.89 bits per heavy atom. The Morgan fingerprint density at radius 3 is 2.56 bits per heavy atom. The highest BCUT2D eigenvalue weighted by Crippen LogP contribution is 2.25. The minimum Gasteiger partial charge on any atom is -0.486 e. The van der Waals surface area contributed by atoms with E-state index in [1.54, 1.807) is 0 Å². The third kappa shape index (κ3) is 5.04. The molecule has 6 nitrogen and oxygen atoms in total. The smallest absolute Gasteiger partial charge is 0.233 e. The van der Waals surface area contributed by atoms with Gasteiger partial charge in [0.15, 0.2) is 11.0 Å². The summed E-state index contributed by atoms with van der Waals surface area (Å²) in [5.74, 6) is 2.07. The summed E-state index contributed by atoms with van der Waals surface area (Å²) in [6.45, 7) is 4.61. The number of rotatable bonds is 6. The SMILES string of the molecule is C[C@H]1CCC[C@H](C)N1C(=O)CSc1nnc(COc2ccc(Br)cc2)n1C. The monoisotopic (exact) mass is 452 g/mol. The van der Waals surface area contributed by atoms with Crippen LogP contribution in [0.15, 0.2) is 33.9 Å². The molecule has 2 atom stereocenters. The summed E-state index contributed by atoms with van der Waals surface area (Å²) < 4.78 is 8.66. The molecule has 3 rings (SSSR count). The van der Waals surface area contributed by atoms with Crippen LogP contribution in [0.5, 0.6) is 5.75 Å². The molecule has 2 heterocycles. The van der Waals surface area contributed by atoms with Crippen molar-refractivity contribution >= 4 is 33.6 Å². The van der Waals surface area contributed by atoms with Gasteiger partial charge in [-0.1, -0.05) is 27.7 Å². The van der Waals surface area contributed by atoms with Crippen molar-refractivity contribution in [2.75, 3.05) is 5.75 Å². The van der Waals surface area contributed by atoms with E-state index in [1.807, 2.05) is 40.8 Å². The predicted molar refractivity (Wildman–Crippen MR) is 110 cm³/mol. The van der Waals surface area contributed by atoms with Crippen molar-refractivity contribution in [1.29, 1.82) is 0 Å². The van der Waals surface area contributed by atoms with Gasteiger partial charge in [0, 0.05) is 23.6 Å². The highest BCUT2D eigenvalue weighted by atomic mass is 79.9. The van der Waals surface area contributed by atoms with Gasteiger partial charge < -0.3 is 14.2 Å². The van der Waals surface area contributed by atoms with Crippen LogP contribution in [0.1, 0.15) is 38.9 Å². The van der Waals surface area contributed by atoms with Crippen LogP contribution in [-0.2, 0) is 18.4 Å². The maximum absolute atomic E-state index is 12.7. The second-order valence-corrected chi connectivity index (χ2v) is 8.78. The molecule has 0 bridgehead atoms. The molecule has 0 spiro atoms. The van der Waals surface area contributed by atoms with Gasteiger partial charge in [0.2, 0.25) is 5.91 Å². The maximum Gasteiger partial charge on any atom is 0.233 e. The first-order chi connectivity index (χ1) is 13.0. The first-order valence-corrected chi connectivity index (χ1v) is 10.9. The number of carbonyl (C=O) groups excluding carboxylic acids is 1. The van der Waals surface area contributed by atoms with Crippen molar-refractivity contribution in [3.8, 4) is 5.75 Å². The molecule has 1 aromatic carbocycles. The molecule has 0 saturated carbocycles. The fourth-order valence-corrected chi connectivity index (χ4v) is 4.45. The van der Waals surface area contributed by atoms with Gasteiger partial charge in [-0.15, -0.1) is 10.2 Å². The molecule has 0 unspecified atom stereocenters. The number of benzene rings is 1. The Kier molecular flexibility index (Phi) is 6.81. The van der Waals surface area contributed by atoms with E-state index in [2.05, 4.69) is 40.0 Å². The van der Waals surface area contributed by atoms with E-state index < -0.39 is 0 Å². The van der Waals surface area contributed by atoms with Crippen LogP contribution in [-0.4, -0.2) is 43.4 Å². The molecular weight excluding hydrogens is 428 g/mol. The van der Waals surface area contributed by atoms with E-state index in [0.717, 1.165) is 34.0 Å². The van der Waals surface area contributed by atoms with Crippen molar-refractivity contribution < 1.29 is 9.53 Å². The Labute approximate surface area is 172 Å². The van der Waals surface area contributed by atoms with Crippen LogP contribution in [0.25, 0.3) is 0 Å². The van der Waals surface area contributed by atoms with E-state index in [1.165, 1.54) is 18.2 Å². The Balaban J connectivity index is 1.55. The fourth-order valence-electron chi connectivity index (χ4n) is 3.39. The number of piperidine rings is 1. The number of thioether (sulfide) groups is 1. The molecule has 1 fully saturated rings. The normalized spacial score (nSPS) is 19.9. The molecule has 1 aliphatic heterocycles. The molecule has 0 aliphatic carbocycles. The zero-order valence-corrected chi connectivity index (χ0v) is 18.3. The van der Waals surface area contributed by atoms with Crippen molar-refractivity contribution in [2.24, 2.45) is 7.05 Å². The van der Waals surface area contributed by atoms with Gasteiger partial charge in [-0.2, -0.15) is 0 Å². The van der Waals surface area contributed by atoms with E-state index in [-0.39, 0.29) is 5.91 Å². The number of hydrogen-bond acceptors (Lipinski definition) is 5. The van der Waals surface area contributed by atoms with Gasteiger partial charge in [-0.05, 0) is 57.4 Å². The summed E-state index contributed by atoms with van der Waals surface area (Å²) >= 11 is 4.84. The van der Waals surface area contributed by atoms with Crippen LogP contribution in [0.4, 0.5) is 0 Å². The molecular formula is C19H25BrN4O2S. The maximum atomic E-state index is 12.7. The van der Waals surface area contributed by atoms with Crippen molar-refractivity contribution in [3.05, 3.63) is 34.6 Å². The van der Waals surface area contributed by atoms with Gasteiger partial charge >= 0.3 is 0 Å². The van der Waals surface area contributed by atoms with Crippen LogP contribution in [0.2, 0.25) is 0 Å². The molecule has 146 valence electrons. The fraction of sp³-hybridized carbons (Fsp3) is 0.526.